The minimum absolute atomic E-state index is 0.132. The van der Waals surface area contributed by atoms with Crippen LogP contribution in [0.1, 0.15) is 18.0 Å². The molecule has 0 N–H and O–H groups in total. The average molecular weight is 529 g/mol. The Morgan fingerprint density at radius 1 is 0.914 bits per heavy atom. The van der Waals surface area contributed by atoms with Gasteiger partial charge in [0, 0.05) is 17.7 Å². The van der Waals surface area contributed by atoms with Crippen LogP contribution in [-0.4, -0.2) is 32.5 Å². The molecule has 0 bridgehead atoms. The van der Waals surface area contributed by atoms with Gasteiger partial charge in [-0.1, -0.05) is 48.0 Å². The summed E-state index contributed by atoms with van der Waals surface area (Å²) < 4.78 is 91.2. The fourth-order valence-electron chi connectivity index (χ4n) is 3.80. The third-order valence-electron chi connectivity index (χ3n) is 5.59. The molecule has 0 saturated heterocycles. The van der Waals surface area contributed by atoms with Crippen LogP contribution in [0.25, 0.3) is 11.1 Å². The second-order valence-electron chi connectivity index (χ2n) is 8.09. The molecule has 1 atom stereocenters. The second-order valence-corrected chi connectivity index (χ2v) is 10.5. The van der Waals surface area contributed by atoms with Crippen LogP contribution >= 0.6 is 11.6 Å². The Hall–Kier alpha value is -2.98. The van der Waals surface area contributed by atoms with E-state index in [0.717, 1.165) is 11.3 Å². The van der Waals surface area contributed by atoms with Gasteiger partial charge >= 0.3 is 12.1 Å². The van der Waals surface area contributed by atoms with E-state index < -0.39 is 40.1 Å². The minimum atomic E-state index is -5.79. The second kappa shape index (κ2) is 8.91. The fourth-order valence-corrected chi connectivity index (χ4v) is 4.62. The summed E-state index contributed by atoms with van der Waals surface area (Å²) in [5, 5.41) is 5.08. The van der Waals surface area contributed by atoms with Crippen LogP contribution in [0.5, 0.6) is 0 Å². The Morgan fingerprint density at radius 2 is 1.57 bits per heavy atom. The van der Waals surface area contributed by atoms with Crippen molar-refractivity contribution in [3.05, 3.63) is 83.4 Å². The molecule has 1 aliphatic rings. The van der Waals surface area contributed by atoms with Crippen LogP contribution in [0.4, 0.5) is 27.6 Å². The Kier molecular flexibility index (Phi) is 6.39. The third kappa shape index (κ3) is 5.04. The molecule has 3 aromatic rings. The molecule has 1 unspecified atom stereocenters. The van der Waals surface area contributed by atoms with Gasteiger partial charge in [-0.3, -0.25) is 5.01 Å². The molecule has 184 valence electrons. The van der Waals surface area contributed by atoms with Crippen molar-refractivity contribution < 1.29 is 30.4 Å². The predicted molar refractivity (Wildman–Crippen MR) is 125 cm³/mol. The SMILES string of the molecule is CS(=O)(=O)c1ccc(-c2cccc(C3CC(C(F)(F)C(F)(F)F)=NN3c3cccc(Cl)c3)c2)cc1. The molecule has 0 radical (unpaired) electrons. The Labute approximate surface area is 203 Å². The fraction of sp³-hybridized carbons (Fsp3) is 0.208. The minimum Gasteiger partial charge on any atom is -0.257 e. The van der Waals surface area contributed by atoms with Gasteiger partial charge in [0.15, 0.2) is 9.84 Å². The first kappa shape index (κ1) is 25.1. The van der Waals surface area contributed by atoms with E-state index >= 15 is 0 Å². The van der Waals surface area contributed by atoms with E-state index in [1.165, 1.54) is 24.3 Å². The number of benzene rings is 3. The van der Waals surface area contributed by atoms with Gasteiger partial charge in [0.1, 0.15) is 5.71 Å². The molecule has 35 heavy (non-hydrogen) atoms. The Morgan fingerprint density at radius 3 is 2.17 bits per heavy atom. The lowest BCUT2D eigenvalue weighted by Gasteiger charge is -2.24. The summed E-state index contributed by atoms with van der Waals surface area (Å²) in [7, 11) is -3.39. The van der Waals surface area contributed by atoms with Gasteiger partial charge in [-0.15, -0.1) is 0 Å². The first-order valence-corrected chi connectivity index (χ1v) is 12.5. The molecule has 3 aromatic carbocycles. The van der Waals surface area contributed by atoms with E-state index in [1.54, 1.807) is 48.5 Å². The van der Waals surface area contributed by atoms with Gasteiger partial charge in [0.05, 0.1) is 16.6 Å². The smallest absolute Gasteiger partial charge is 0.257 e. The zero-order chi connectivity index (χ0) is 25.6. The predicted octanol–water partition coefficient (Wildman–Crippen LogP) is 6.92. The van der Waals surface area contributed by atoms with E-state index in [4.69, 9.17) is 11.6 Å². The third-order valence-corrected chi connectivity index (χ3v) is 6.95. The molecule has 11 heteroatoms. The highest BCUT2D eigenvalue weighted by Crippen LogP contribution is 2.45. The highest BCUT2D eigenvalue weighted by atomic mass is 35.5. The lowest BCUT2D eigenvalue weighted by atomic mass is 9.95. The standard InChI is InChI=1S/C24H18ClF5N2O2S/c1-35(33,34)20-10-8-15(9-11-20)16-4-2-5-17(12-16)21-14-22(23(26,27)24(28,29)30)31-32(21)19-7-3-6-18(25)13-19/h2-13,21H,14H2,1H3. The lowest BCUT2D eigenvalue weighted by molar-refractivity contribution is -0.249. The van der Waals surface area contributed by atoms with Crippen LogP contribution in [0, 0.1) is 0 Å². The number of hydrazone groups is 1. The number of hydrogen-bond donors (Lipinski definition) is 0. The number of rotatable bonds is 5. The Bertz CT molecular complexity index is 1390. The van der Waals surface area contributed by atoms with E-state index in [2.05, 4.69) is 5.10 Å². The summed E-state index contributed by atoms with van der Waals surface area (Å²) in [5.74, 6) is -5.10. The van der Waals surface area contributed by atoms with Gasteiger partial charge in [-0.05, 0) is 53.1 Å². The van der Waals surface area contributed by atoms with Crippen molar-refractivity contribution >= 4 is 32.8 Å². The maximum Gasteiger partial charge on any atom is 0.459 e. The van der Waals surface area contributed by atoms with Crippen LogP contribution in [0.2, 0.25) is 5.02 Å². The zero-order valence-corrected chi connectivity index (χ0v) is 19.7. The number of sulfone groups is 1. The summed E-state index contributed by atoms with van der Waals surface area (Å²) >= 11 is 6.02. The normalized spacial score (nSPS) is 16.9. The molecule has 1 aliphatic heterocycles. The van der Waals surface area contributed by atoms with E-state index in [-0.39, 0.29) is 15.6 Å². The Balaban J connectivity index is 1.75. The molecule has 4 nitrogen and oxygen atoms in total. The average Bonchev–Trinajstić information content (AvgIpc) is 3.24. The first-order chi connectivity index (χ1) is 16.3. The summed E-state index contributed by atoms with van der Waals surface area (Å²) in [4.78, 5) is 0.132. The number of nitrogens with zero attached hydrogens (tertiary/aromatic N) is 2. The molecule has 0 fully saturated rings. The van der Waals surface area contributed by atoms with Crippen molar-refractivity contribution in [2.45, 2.75) is 29.5 Å². The summed E-state index contributed by atoms with van der Waals surface area (Å²) in [6.45, 7) is 0. The van der Waals surface area contributed by atoms with Crippen molar-refractivity contribution in [1.82, 2.24) is 0 Å². The molecule has 4 rings (SSSR count). The van der Waals surface area contributed by atoms with E-state index in [9.17, 15) is 30.4 Å². The molecular formula is C24H18ClF5N2O2S. The van der Waals surface area contributed by atoms with E-state index in [0.29, 0.717) is 16.7 Å². The number of halogens is 6. The van der Waals surface area contributed by atoms with Gasteiger partial charge in [0.2, 0.25) is 0 Å². The molecule has 1 heterocycles. The maximum atomic E-state index is 14.2. The summed E-state index contributed by atoms with van der Waals surface area (Å²) in [6, 6.07) is 17.8. The van der Waals surface area contributed by atoms with Crippen molar-refractivity contribution in [3.63, 3.8) is 0 Å². The summed E-state index contributed by atoms with van der Waals surface area (Å²) in [6.07, 6.45) is -5.36. The van der Waals surface area contributed by atoms with Crippen molar-refractivity contribution in [1.29, 1.82) is 0 Å². The van der Waals surface area contributed by atoms with Crippen LogP contribution < -0.4 is 5.01 Å². The molecule has 0 amide bonds. The van der Waals surface area contributed by atoms with Gasteiger partial charge in [-0.2, -0.15) is 27.1 Å². The zero-order valence-electron chi connectivity index (χ0n) is 18.1. The first-order valence-electron chi connectivity index (χ1n) is 10.2. The molecule has 0 aliphatic carbocycles. The van der Waals surface area contributed by atoms with E-state index in [1.807, 2.05) is 0 Å². The number of anilines is 1. The quantitative estimate of drug-likeness (QED) is 0.338. The highest BCUT2D eigenvalue weighted by molar-refractivity contribution is 7.90. The molecule has 0 saturated carbocycles. The van der Waals surface area contributed by atoms with Crippen LogP contribution in [-0.2, 0) is 9.84 Å². The van der Waals surface area contributed by atoms with Crippen molar-refractivity contribution in [2.24, 2.45) is 5.10 Å². The highest BCUT2D eigenvalue weighted by Gasteiger charge is 2.62. The van der Waals surface area contributed by atoms with Gasteiger partial charge < -0.3 is 0 Å². The maximum absolute atomic E-state index is 14.2. The van der Waals surface area contributed by atoms with Gasteiger partial charge in [-0.25, -0.2) is 8.42 Å². The molecule has 0 spiro atoms. The molecule has 0 aromatic heterocycles. The summed E-state index contributed by atoms with van der Waals surface area (Å²) in [5.41, 5.74) is 0.695. The van der Waals surface area contributed by atoms with Crippen LogP contribution in [0.3, 0.4) is 0 Å². The van der Waals surface area contributed by atoms with Crippen molar-refractivity contribution in [2.75, 3.05) is 11.3 Å². The monoisotopic (exact) mass is 528 g/mol. The lowest BCUT2D eigenvalue weighted by Crippen LogP contribution is -2.43. The number of hydrogen-bond acceptors (Lipinski definition) is 4. The molecular weight excluding hydrogens is 511 g/mol. The topological polar surface area (TPSA) is 49.7 Å². The van der Waals surface area contributed by atoms with Crippen LogP contribution in [0.15, 0.2) is 82.8 Å². The number of alkyl halides is 5. The van der Waals surface area contributed by atoms with Crippen molar-refractivity contribution in [3.8, 4) is 11.1 Å². The van der Waals surface area contributed by atoms with Gasteiger partial charge in [0.25, 0.3) is 0 Å². The largest absolute Gasteiger partial charge is 0.459 e.